The van der Waals surface area contributed by atoms with Crippen molar-refractivity contribution < 1.29 is 14.2 Å². The van der Waals surface area contributed by atoms with Crippen molar-refractivity contribution in [3.05, 3.63) is 23.8 Å². The predicted molar refractivity (Wildman–Crippen MR) is 87.5 cm³/mol. The number of rotatable bonds is 6. The van der Waals surface area contributed by atoms with Crippen LogP contribution in [0.15, 0.2) is 18.2 Å². The van der Waals surface area contributed by atoms with Crippen LogP contribution in [0.5, 0.6) is 11.5 Å². The molecule has 1 aromatic carbocycles. The molecule has 5 heteroatoms. The first-order chi connectivity index (χ1) is 10.3. The van der Waals surface area contributed by atoms with E-state index >= 15 is 0 Å². The van der Waals surface area contributed by atoms with Gasteiger partial charge in [-0.25, -0.2) is 0 Å². The number of thiocarbonyl (C=S) groups is 1. The molecule has 0 atom stereocenters. The molecule has 0 amide bonds. The van der Waals surface area contributed by atoms with E-state index < -0.39 is 0 Å². The topological polar surface area (TPSA) is 30.9 Å². The van der Waals surface area contributed by atoms with Gasteiger partial charge in [-0.1, -0.05) is 25.6 Å². The lowest BCUT2D eigenvalue weighted by atomic mass is 10.1. The summed E-state index contributed by atoms with van der Waals surface area (Å²) < 4.78 is 16.5. The summed E-state index contributed by atoms with van der Waals surface area (Å²) in [5, 5.41) is 0. The van der Waals surface area contributed by atoms with Crippen molar-refractivity contribution in [1.29, 1.82) is 0 Å². The van der Waals surface area contributed by atoms with Gasteiger partial charge in [-0.2, -0.15) is 0 Å². The molecule has 0 spiro atoms. The number of hydrogen-bond donors (Lipinski definition) is 0. The van der Waals surface area contributed by atoms with Gasteiger partial charge in [-0.3, -0.25) is 0 Å². The number of ether oxygens (including phenoxy) is 3. The SMILES string of the molecule is CCCCOc1ccc(C(=S)N2CCOCC2)cc1OC. The van der Waals surface area contributed by atoms with E-state index in [1.807, 2.05) is 18.2 Å². The molecule has 1 saturated heterocycles. The second kappa shape index (κ2) is 8.20. The van der Waals surface area contributed by atoms with E-state index in [1.54, 1.807) is 7.11 Å². The smallest absolute Gasteiger partial charge is 0.161 e. The minimum Gasteiger partial charge on any atom is -0.493 e. The maximum absolute atomic E-state index is 5.75. The summed E-state index contributed by atoms with van der Waals surface area (Å²) in [7, 11) is 1.66. The lowest BCUT2D eigenvalue weighted by Crippen LogP contribution is -2.40. The Labute approximate surface area is 132 Å². The van der Waals surface area contributed by atoms with Gasteiger partial charge >= 0.3 is 0 Å². The minimum absolute atomic E-state index is 0.708. The molecular formula is C16H23NO3S. The van der Waals surface area contributed by atoms with Crippen molar-refractivity contribution in [1.82, 2.24) is 4.90 Å². The molecule has 1 heterocycles. The van der Waals surface area contributed by atoms with Crippen molar-refractivity contribution in [2.24, 2.45) is 0 Å². The first kappa shape index (κ1) is 16.0. The predicted octanol–water partition coefficient (Wildman–Crippen LogP) is 2.88. The average Bonchev–Trinajstić information content (AvgIpc) is 2.55. The van der Waals surface area contributed by atoms with Gasteiger partial charge in [0.2, 0.25) is 0 Å². The van der Waals surface area contributed by atoms with E-state index in [9.17, 15) is 0 Å². The summed E-state index contributed by atoms with van der Waals surface area (Å²) in [6, 6.07) is 5.90. The number of morpholine rings is 1. The van der Waals surface area contributed by atoms with E-state index in [0.29, 0.717) is 6.61 Å². The highest BCUT2D eigenvalue weighted by Crippen LogP contribution is 2.29. The Bertz CT molecular complexity index is 473. The van der Waals surface area contributed by atoms with Crippen LogP contribution in [0.2, 0.25) is 0 Å². The molecule has 1 fully saturated rings. The van der Waals surface area contributed by atoms with E-state index in [-0.39, 0.29) is 0 Å². The zero-order valence-electron chi connectivity index (χ0n) is 12.8. The minimum atomic E-state index is 0.708. The molecule has 0 aromatic heterocycles. The molecule has 0 N–H and O–H groups in total. The monoisotopic (exact) mass is 309 g/mol. The van der Waals surface area contributed by atoms with Crippen molar-refractivity contribution in [2.45, 2.75) is 19.8 Å². The average molecular weight is 309 g/mol. The maximum atomic E-state index is 5.75. The lowest BCUT2D eigenvalue weighted by molar-refractivity contribution is 0.0693. The highest BCUT2D eigenvalue weighted by molar-refractivity contribution is 7.80. The standard InChI is InChI=1S/C16H23NO3S/c1-3-4-9-20-14-6-5-13(12-15(14)18-2)16(21)17-7-10-19-11-8-17/h5-6,12H,3-4,7-11H2,1-2H3. The van der Waals surface area contributed by atoms with Crippen LogP contribution in [0.25, 0.3) is 0 Å². The zero-order chi connectivity index (χ0) is 15.1. The molecule has 2 rings (SSSR count). The third-order valence-electron chi connectivity index (χ3n) is 3.46. The first-order valence-corrected chi connectivity index (χ1v) is 7.85. The van der Waals surface area contributed by atoms with Gasteiger partial charge < -0.3 is 19.1 Å². The summed E-state index contributed by atoms with van der Waals surface area (Å²) in [4.78, 5) is 3.02. The van der Waals surface area contributed by atoms with E-state index in [2.05, 4.69) is 11.8 Å². The summed E-state index contributed by atoms with van der Waals surface area (Å²) in [6.45, 7) is 6.00. The van der Waals surface area contributed by atoms with Crippen LogP contribution in [-0.2, 0) is 4.74 Å². The normalized spacial score (nSPS) is 14.9. The fourth-order valence-corrected chi connectivity index (χ4v) is 2.50. The molecular weight excluding hydrogens is 286 g/mol. The van der Waals surface area contributed by atoms with Crippen molar-refractivity contribution >= 4 is 17.2 Å². The Morgan fingerprint density at radius 3 is 2.71 bits per heavy atom. The van der Waals surface area contributed by atoms with Crippen LogP contribution in [0.3, 0.4) is 0 Å². The fraction of sp³-hybridized carbons (Fsp3) is 0.562. The third-order valence-corrected chi connectivity index (χ3v) is 3.96. The number of unbranched alkanes of at least 4 members (excludes halogenated alkanes) is 1. The van der Waals surface area contributed by atoms with Crippen molar-refractivity contribution in [3.8, 4) is 11.5 Å². The summed E-state index contributed by atoms with van der Waals surface area (Å²) in [6.07, 6.45) is 2.15. The molecule has 0 unspecified atom stereocenters. The Kier molecular flexibility index (Phi) is 6.26. The zero-order valence-corrected chi connectivity index (χ0v) is 13.6. The van der Waals surface area contributed by atoms with Crippen molar-refractivity contribution in [3.63, 3.8) is 0 Å². The second-order valence-corrected chi connectivity index (χ2v) is 5.36. The van der Waals surface area contributed by atoms with Crippen molar-refractivity contribution in [2.75, 3.05) is 40.0 Å². The highest BCUT2D eigenvalue weighted by atomic mass is 32.1. The number of benzene rings is 1. The van der Waals surface area contributed by atoms with Crippen LogP contribution >= 0.6 is 12.2 Å². The van der Waals surface area contributed by atoms with Gasteiger partial charge in [0.25, 0.3) is 0 Å². The van der Waals surface area contributed by atoms with Gasteiger partial charge in [0.1, 0.15) is 4.99 Å². The van der Waals surface area contributed by atoms with E-state index in [1.165, 1.54) is 0 Å². The maximum Gasteiger partial charge on any atom is 0.161 e. The molecule has 1 aromatic rings. The summed E-state index contributed by atoms with van der Waals surface area (Å²) in [5.41, 5.74) is 0.992. The molecule has 0 radical (unpaired) electrons. The van der Waals surface area contributed by atoms with Crippen LogP contribution in [0.4, 0.5) is 0 Å². The van der Waals surface area contributed by atoms with Crippen LogP contribution in [-0.4, -0.2) is 49.9 Å². The highest BCUT2D eigenvalue weighted by Gasteiger charge is 2.16. The molecule has 0 bridgehead atoms. The quantitative estimate of drug-likeness (QED) is 0.596. The van der Waals surface area contributed by atoms with E-state index in [4.69, 9.17) is 26.4 Å². The third kappa shape index (κ3) is 4.32. The summed E-state index contributed by atoms with van der Waals surface area (Å²) in [5.74, 6) is 1.51. The molecule has 1 aliphatic heterocycles. The molecule has 0 aliphatic carbocycles. The number of methoxy groups -OCH3 is 1. The summed E-state index contributed by atoms with van der Waals surface area (Å²) >= 11 is 5.57. The Hall–Kier alpha value is -1.33. The number of nitrogens with zero attached hydrogens (tertiary/aromatic N) is 1. The van der Waals surface area contributed by atoms with Crippen LogP contribution in [0.1, 0.15) is 25.3 Å². The van der Waals surface area contributed by atoms with E-state index in [0.717, 1.165) is 61.2 Å². The Morgan fingerprint density at radius 2 is 2.05 bits per heavy atom. The van der Waals surface area contributed by atoms with Gasteiger partial charge in [0, 0.05) is 18.7 Å². The largest absolute Gasteiger partial charge is 0.493 e. The molecule has 21 heavy (non-hydrogen) atoms. The molecule has 0 saturated carbocycles. The lowest BCUT2D eigenvalue weighted by Gasteiger charge is -2.29. The van der Waals surface area contributed by atoms with Crippen LogP contribution < -0.4 is 9.47 Å². The Balaban J connectivity index is 2.08. The van der Waals surface area contributed by atoms with Gasteiger partial charge in [-0.05, 0) is 24.6 Å². The fourth-order valence-electron chi connectivity index (χ4n) is 2.20. The van der Waals surface area contributed by atoms with Gasteiger partial charge in [0.05, 0.1) is 26.9 Å². The number of hydrogen-bond acceptors (Lipinski definition) is 4. The molecule has 4 nitrogen and oxygen atoms in total. The van der Waals surface area contributed by atoms with Gasteiger partial charge in [-0.15, -0.1) is 0 Å². The first-order valence-electron chi connectivity index (χ1n) is 7.44. The van der Waals surface area contributed by atoms with Crippen LogP contribution in [0, 0.1) is 0 Å². The van der Waals surface area contributed by atoms with Gasteiger partial charge in [0.15, 0.2) is 11.5 Å². The second-order valence-electron chi connectivity index (χ2n) is 4.97. The molecule has 116 valence electrons. The molecule has 1 aliphatic rings. The Morgan fingerprint density at radius 1 is 1.29 bits per heavy atom.